The first kappa shape index (κ1) is 12.6. The van der Waals surface area contributed by atoms with Gasteiger partial charge in [-0.1, -0.05) is 0 Å². The number of aromatic nitrogens is 4. The minimum absolute atomic E-state index is 0.00320. The molecule has 0 aliphatic carbocycles. The number of hydrogen-bond donors (Lipinski definition) is 2. The third-order valence-electron chi connectivity index (χ3n) is 2.47. The summed E-state index contributed by atoms with van der Waals surface area (Å²) in [6.45, 7) is 0.215. The molecule has 0 saturated heterocycles. The third-order valence-corrected chi connectivity index (χ3v) is 4.29. The van der Waals surface area contributed by atoms with Crippen molar-refractivity contribution >= 4 is 15.8 Å². The second-order valence-corrected chi connectivity index (χ2v) is 5.93. The number of nitrogens with one attached hydrogen (secondary N) is 1. The van der Waals surface area contributed by atoms with Crippen molar-refractivity contribution in [1.29, 1.82) is 0 Å². The van der Waals surface area contributed by atoms with E-state index in [9.17, 15) is 8.42 Å². The highest BCUT2D eigenvalue weighted by Gasteiger charge is 2.25. The topological polar surface area (TPSA) is 110 Å². The number of nitrogens with zero attached hydrogens (tertiary/aromatic N) is 4. The van der Waals surface area contributed by atoms with Crippen LogP contribution in [-0.2, 0) is 23.6 Å². The monoisotopic (exact) mass is 270 g/mol. The zero-order valence-corrected chi connectivity index (χ0v) is 10.8. The smallest absolute Gasteiger partial charge is 0.248 e. The summed E-state index contributed by atoms with van der Waals surface area (Å²) in [6.07, 6.45) is 4.59. The average molecular weight is 270 g/mol. The standard InChI is InChI=1S/C9H14N6O2S/c1-14-6-8(9(10)13-14)18(16,17)15(2)5-7-3-11-12-4-7/h3-4,6H,5H2,1-2H3,(H2,10,13)(H,11,12). The predicted octanol–water partition coefficient (Wildman–Crippen LogP) is -0.454. The van der Waals surface area contributed by atoms with E-state index < -0.39 is 10.0 Å². The van der Waals surface area contributed by atoms with Gasteiger partial charge in [0.2, 0.25) is 10.0 Å². The quantitative estimate of drug-likeness (QED) is 0.781. The van der Waals surface area contributed by atoms with Crippen LogP contribution >= 0.6 is 0 Å². The lowest BCUT2D eigenvalue weighted by molar-refractivity contribution is 0.467. The van der Waals surface area contributed by atoms with E-state index in [2.05, 4.69) is 15.3 Å². The first-order valence-corrected chi connectivity index (χ1v) is 6.58. The highest BCUT2D eigenvalue weighted by atomic mass is 32.2. The van der Waals surface area contributed by atoms with Crippen molar-refractivity contribution in [3.63, 3.8) is 0 Å². The maximum atomic E-state index is 12.3. The van der Waals surface area contributed by atoms with Gasteiger partial charge in [-0.15, -0.1) is 0 Å². The number of aromatic amines is 1. The minimum Gasteiger partial charge on any atom is -0.381 e. The van der Waals surface area contributed by atoms with E-state index in [0.717, 1.165) is 5.56 Å². The van der Waals surface area contributed by atoms with E-state index >= 15 is 0 Å². The van der Waals surface area contributed by atoms with Gasteiger partial charge in [0.05, 0.1) is 6.20 Å². The molecule has 0 saturated carbocycles. The first-order chi connectivity index (χ1) is 8.41. The molecule has 0 aliphatic heterocycles. The number of aryl methyl sites for hydroxylation is 1. The summed E-state index contributed by atoms with van der Waals surface area (Å²) in [4.78, 5) is 0.0102. The molecular weight excluding hydrogens is 256 g/mol. The molecule has 0 amide bonds. The third kappa shape index (κ3) is 2.22. The molecule has 18 heavy (non-hydrogen) atoms. The van der Waals surface area contributed by atoms with E-state index in [4.69, 9.17) is 5.73 Å². The molecule has 0 atom stereocenters. The Morgan fingerprint density at radius 2 is 2.28 bits per heavy atom. The Labute approximate surface area is 104 Å². The second-order valence-electron chi connectivity index (χ2n) is 3.92. The van der Waals surface area contributed by atoms with Crippen molar-refractivity contribution < 1.29 is 8.42 Å². The molecule has 0 aromatic carbocycles. The van der Waals surface area contributed by atoms with Crippen LogP contribution in [0.1, 0.15) is 5.56 Å². The number of anilines is 1. The van der Waals surface area contributed by atoms with Crippen LogP contribution in [0.5, 0.6) is 0 Å². The maximum Gasteiger partial charge on any atom is 0.248 e. The van der Waals surface area contributed by atoms with Crippen molar-refractivity contribution in [2.45, 2.75) is 11.4 Å². The average Bonchev–Trinajstić information content (AvgIpc) is 2.88. The molecule has 2 rings (SSSR count). The Morgan fingerprint density at radius 1 is 1.56 bits per heavy atom. The number of H-pyrrole nitrogens is 1. The van der Waals surface area contributed by atoms with Crippen LogP contribution < -0.4 is 5.73 Å². The normalized spacial score (nSPS) is 12.2. The van der Waals surface area contributed by atoms with Gasteiger partial charge in [0.1, 0.15) is 4.90 Å². The molecule has 0 spiro atoms. The van der Waals surface area contributed by atoms with Gasteiger partial charge in [0.25, 0.3) is 0 Å². The van der Waals surface area contributed by atoms with Crippen molar-refractivity contribution in [3.8, 4) is 0 Å². The van der Waals surface area contributed by atoms with E-state index in [1.54, 1.807) is 19.4 Å². The van der Waals surface area contributed by atoms with Crippen LogP contribution in [0.15, 0.2) is 23.5 Å². The van der Waals surface area contributed by atoms with Crippen LogP contribution in [-0.4, -0.2) is 39.7 Å². The number of sulfonamides is 1. The van der Waals surface area contributed by atoms with Crippen LogP contribution in [0.3, 0.4) is 0 Å². The highest BCUT2D eigenvalue weighted by Crippen LogP contribution is 2.20. The maximum absolute atomic E-state index is 12.3. The molecule has 3 N–H and O–H groups in total. The van der Waals surface area contributed by atoms with Gasteiger partial charge in [-0.05, 0) is 0 Å². The van der Waals surface area contributed by atoms with Crippen LogP contribution in [0, 0.1) is 0 Å². The molecule has 0 unspecified atom stereocenters. The second kappa shape index (κ2) is 4.42. The molecule has 0 radical (unpaired) electrons. The number of rotatable bonds is 4. The lowest BCUT2D eigenvalue weighted by atomic mass is 10.4. The Hall–Kier alpha value is -1.87. The molecule has 0 bridgehead atoms. The molecule has 8 nitrogen and oxygen atoms in total. The van der Waals surface area contributed by atoms with Crippen LogP contribution in [0.25, 0.3) is 0 Å². The van der Waals surface area contributed by atoms with Crippen LogP contribution in [0.2, 0.25) is 0 Å². The summed E-state index contributed by atoms with van der Waals surface area (Å²) in [7, 11) is -0.544. The fraction of sp³-hybridized carbons (Fsp3) is 0.333. The SMILES string of the molecule is CN(Cc1cn[nH]c1)S(=O)(=O)c1cn(C)nc1N. The first-order valence-electron chi connectivity index (χ1n) is 5.14. The van der Waals surface area contributed by atoms with E-state index in [1.165, 1.54) is 22.2 Å². The Kier molecular flexibility index (Phi) is 3.09. The lowest BCUT2D eigenvalue weighted by Crippen LogP contribution is -2.26. The van der Waals surface area contributed by atoms with E-state index in [-0.39, 0.29) is 17.3 Å². The van der Waals surface area contributed by atoms with Gasteiger partial charge in [-0.3, -0.25) is 9.78 Å². The molecule has 2 aromatic rings. The lowest BCUT2D eigenvalue weighted by Gasteiger charge is -2.15. The zero-order chi connectivity index (χ0) is 13.3. The van der Waals surface area contributed by atoms with Gasteiger partial charge in [-0.25, -0.2) is 8.42 Å². The molecule has 2 heterocycles. The summed E-state index contributed by atoms with van der Waals surface area (Å²) in [5.74, 6) is -0.00320. The summed E-state index contributed by atoms with van der Waals surface area (Å²) >= 11 is 0. The Morgan fingerprint density at radius 3 is 2.78 bits per heavy atom. The molecule has 0 aliphatic rings. The summed E-state index contributed by atoms with van der Waals surface area (Å²) in [5, 5.41) is 10.2. The van der Waals surface area contributed by atoms with Crippen molar-refractivity contribution in [2.24, 2.45) is 7.05 Å². The fourth-order valence-electron chi connectivity index (χ4n) is 1.56. The molecule has 98 valence electrons. The number of hydrogen-bond acceptors (Lipinski definition) is 5. The molecule has 9 heteroatoms. The highest BCUT2D eigenvalue weighted by molar-refractivity contribution is 7.89. The Bertz CT molecular complexity index is 630. The van der Waals surface area contributed by atoms with E-state index in [1.807, 2.05) is 0 Å². The molecular formula is C9H14N6O2S. The van der Waals surface area contributed by atoms with Gasteiger partial charge in [0, 0.05) is 38.6 Å². The van der Waals surface area contributed by atoms with Gasteiger partial charge in [-0.2, -0.15) is 14.5 Å². The number of nitrogen functional groups attached to an aromatic ring is 1. The van der Waals surface area contributed by atoms with Crippen molar-refractivity contribution in [1.82, 2.24) is 24.3 Å². The molecule has 0 fully saturated rings. The van der Waals surface area contributed by atoms with Gasteiger partial charge >= 0.3 is 0 Å². The molecule has 2 aromatic heterocycles. The van der Waals surface area contributed by atoms with Gasteiger partial charge in [0.15, 0.2) is 5.82 Å². The predicted molar refractivity (Wildman–Crippen MR) is 64.9 cm³/mol. The van der Waals surface area contributed by atoms with Gasteiger partial charge < -0.3 is 5.73 Å². The summed E-state index contributed by atoms with van der Waals surface area (Å²) in [6, 6.07) is 0. The van der Waals surface area contributed by atoms with Crippen molar-refractivity contribution in [3.05, 3.63) is 24.2 Å². The van der Waals surface area contributed by atoms with Crippen LogP contribution in [0.4, 0.5) is 5.82 Å². The Balaban J connectivity index is 2.28. The summed E-state index contributed by atoms with van der Waals surface area (Å²) in [5.41, 5.74) is 6.35. The minimum atomic E-state index is -3.64. The largest absolute Gasteiger partial charge is 0.381 e. The fourth-order valence-corrected chi connectivity index (χ4v) is 2.80. The zero-order valence-electron chi connectivity index (χ0n) is 10.0. The van der Waals surface area contributed by atoms with E-state index in [0.29, 0.717) is 0 Å². The van der Waals surface area contributed by atoms with Crippen molar-refractivity contribution in [2.75, 3.05) is 12.8 Å². The summed E-state index contributed by atoms with van der Waals surface area (Å²) < 4.78 is 27.1. The number of nitrogens with two attached hydrogens (primary N) is 1.